The van der Waals surface area contributed by atoms with E-state index in [1.54, 1.807) is 0 Å². The molecular weight excluding hydrogens is 372 g/mol. The SMILES string of the molecule is Cl.Nc1ccc(CCNC(=O)CCCC[C@@H]2SC[C@@H]3NC(=O)N[C@@H]32)cc1. The van der Waals surface area contributed by atoms with E-state index in [9.17, 15) is 9.59 Å². The van der Waals surface area contributed by atoms with E-state index in [4.69, 9.17) is 5.73 Å². The molecule has 0 aromatic heterocycles. The van der Waals surface area contributed by atoms with Gasteiger partial charge in [-0.2, -0.15) is 11.8 Å². The van der Waals surface area contributed by atoms with Crippen molar-refractivity contribution in [2.45, 2.75) is 49.4 Å². The quantitative estimate of drug-likeness (QED) is 0.306. The molecule has 2 heterocycles. The number of hydrogen-bond donors (Lipinski definition) is 4. The molecule has 0 spiro atoms. The van der Waals surface area contributed by atoms with Gasteiger partial charge in [0.05, 0.1) is 12.1 Å². The fourth-order valence-corrected chi connectivity index (χ4v) is 4.94. The highest BCUT2D eigenvalue weighted by Gasteiger charge is 2.42. The van der Waals surface area contributed by atoms with Gasteiger partial charge in [-0.3, -0.25) is 4.79 Å². The van der Waals surface area contributed by atoms with Gasteiger partial charge in [0.2, 0.25) is 5.91 Å². The van der Waals surface area contributed by atoms with E-state index in [2.05, 4.69) is 16.0 Å². The van der Waals surface area contributed by atoms with Gasteiger partial charge in [-0.1, -0.05) is 18.6 Å². The maximum atomic E-state index is 11.9. The first kappa shape index (κ1) is 20.7. The van der Waals surface area contributed by atoms with E-state index in [1.165, 1.54) is 5.56 Å². The lowest BCUT2D eigenvalue weighted by molar-refractivity contribution is -0.121. The summed E-state index contributed by atoms with van der Waals surface area (Å²) in [6.07, 6.45) is 4.34. The van der Waals surface area contributed by atoms with Crippen molar-refractivity contribution in [2.24, 2.45) is 0 Å². The van der Waals surface area contributed by atoms with Crippen molar-refractivity contribution < 1.29 is 9.59 Å². The minimum Gasteiger partial charge on any atom is -0.399 e. The molecule has 1 aromatic carbocycles. The number of carbonyl (C=O) groups is 2. The third-order valence-electron chi connectivity index (χ3n) is 4.80. The number of thioether (sulfide) groups is 1. The number of nitrogens with one attached hydrogen (secondary N) is 3. The lowest BCUT2D eigenvalue weighted by atomic mass is 10.0. The monoisotopic (exact) mass is 398 g/mol. The van der Waals surface area contributed by atoms with Gasteiger partial charge in [-0.25, -0.2) is 4.79 Å². The second-order valence-electron chi connectivity index (χ2n) is 6.71. The van der Waals surface area contributed by atoms with Gasteiger partial charge in [-0.05, 0) is 37.0 Å². The summed E-state index contributed by atoms with van der Waals surface area (Å²) in [6.45, 7) is 0.655. The van der Waals surface area contributed by atoms with Crippen LogP contribution < -0.4 is 21.7 Å². The summed E-state index contributed by atoms with van der Waals surface area (Å²) < 4.78 is 0. The zero-order valence-electron chi connectivity index (χ0n) is 14.7. The second-order valence-corrected chi connectivity index (χ2v) is 7.98. The van der Waals surface area contributed by atoms with Crippen molar-refractivity contribution in [1.29, 1.82) is 0 Å². The van der Waals surface area contributed by atoms with Crippen LogP contribution in [0.15, 0.2) is 24.3 Å². The number of carbonyl (C=O) groups excluding carboxylic acids is 2. The molecule has 2 fully saturated rings. The molecule has 1 aromatic rings. The topological polar surface area (TPSA) is 96.2 Å². The summed E-state index contributed by atoms with van der Waals surface area (Å²) in [5.74, 6) is 1.10. The molecule has 6 nitrogen and oxygen atoms in total. The van der Waals surface area contributed by atoms with Crippen LogP contribution in [0.4, 0.5) is 10.5 Å². The van der Waals surface area contributed by atoms with Crippen LogP contribution in [-0.2, 0) is 11.2 Å². The van der Waals surface area contributed by atoms with E-state index < -0.39 is 0 Å². The molecule has 5 N–H and O–H groups in total. The highest BCUT2D eigenvalue weighted by Crippen LogP contribution is 2.33. The fourth-order valence-electron chi connectivity index (χ4n) is 3.39. The first-order chi connectivity index (χ1) is 12.1. The molecule has 0 unspecified atom stereocenters. The minimum absolute atomic E-state index is 0. The number of amides is 3. The Kier molecular flexibility index (Phi) is 7.90. The number of urea groups is 1. The number of fused-ring (bicyclic) bond motifs is 1. The smallest absolute Gasteiger partial charge is 0.315 e. The number of hydrogen-bond acceptors (Lipinski definition) is 4. The van der Waals surface area contributed by atoms with Crippen molar-refractivity contribution in [3.05, 3.63) is 29.8 Å². The summed E-state index contributed by atoms with van der Waals surface area (Å²) in [5, 5.41) is 9.40. The molecule has 2 aliphatic heterocycles. The zero-order valence-corrected chi connectivity index (χ0v) is 16.3. The van der Waals surface area contributed by atoms with Gasteiger partial charge in [-0.15, -0.1) is 12.4 Å². The molecule has 3 amide bonds. The molecule has 144 valence electrons. The number of benzene rings is 1. The summed E-state index contributed by atoms with van der Waals surface area (Å²) >= 11 is 1.92. The Balaban J connectivity index is 0.00000243. The average Bonchev–Trinajstić information content (AvgIpc) is 3.13. The standard InChI is InChI=1S/C18H26N4O2S.ClH/c19-13-7-5-12(6-8-13)9-10-20-16(23)4-2-1-3-15-17-14(11-25-15)21-18(24)22-17;/h5-8,14-15,17H,1-4,9-11,19H2,(H,20,23)(H2,21,22,24);1H/t14-,15-,17-;/m0./s1. The van der Waals surface area contributed by atoms with Crippen LogP contribution in [0.25, 0.3) is 0 Å². The van der Waals surface area contributed by atoms with Crippen molar-refractivity contribution >= 4 is 41.8 Å². The summed E-state index contributed by atoms with van der Waals surface area (Å²) in [5.41, 5.74) is 7.59. The Morgan fingerprint density at radius 3 is 2.77 bits per heavy atom. The molecule has 3 atom stereocenters. The predicted molar refractivity (Wildman–Crippen MR) is 109 cm³/mol. The van der Waals surface area contributed by atoms with Gasteiger partial charge in [0.15, 0.2) is 0 Å². The predicted octanol–water partition coefficient (Wildman–Crippen LogP) is 2.08. The molecule has 3 rings (SSSR count). The van der Waals surface area contributed by atoms with E-state index in [0.29, 0.717) is 18.2 Å². The van der Waals surface area contributed by atoms with Crippen LogP contribution in [-0.4, -0.2) is 41.6 Å². The summed E-state index contributed by atoms with van der Waals surface area (Å²) in [4.78, 5) is 23.3. The maximum Gasteiger partial charge on any atom is 0.315 e. The van der Waals surface area contributed by atoms with Crippen molar-refractivity contribution in [3.63, 3.8) is 0 Å². The number of rotatable bonds is 8. The van der Waals surface area contributed by atoms with E-state index in [-0.39, 0.29) is 36.4 Å². The Hall–Kier alpha value is -1.60. The average molecular weight is 399 g/mol. The fraction of sp³-hybridized carbons (Fsp3) is 0.556. The third kappa shape index (κ3) is 5.71. The normalized spacial score (nSPS) is 23.5. The lowest BCUT2D eigenvalue weighted by Gasteiger charge is -2.16. The Morgan fingerprint density at radius 2 is 2.00 bits per heavy atom. The van der Waals surface area contributed by atoms with E-state index >= 15 is 0 Å². The molecule has 2 saturated heterocycles. The Bertz CT molecular complexity index is 614. The van der Waals surface area contributed by atoms with Crippen LogP contribution in [0.3, 0.4) is 0 Å². The molecular formula is C18H27ClN4O2S. The van der Waals surface area contributed by atoms with Crippen LogP contribution in [0.1, 0.15) is 31.2 Å². The first-order valence-electron chi connectivity index (χ1n) is 8.91. The van der Waals surface area contributed by atoms with Crippen molar-refractivity contribution in [1.82, 2.24) is 16.0 Å². The van der Waals surface area contributed by atoms with Crippen LogP contribution in [0.2, 0.25) is 0 Å². The van der Waals surface area contributed by atoms with Gasteiger partial charge >= 0.3 is 6.03 Å². The van der Waals surface area contributed by atoms with Gasteiger partial charge < -0.3 is 21.7 Å². The first-order valence-corrected chi connectivity index (χ1v) is 9.96. The molecule has 0 saturated carbocycles. The number of anilines is 1. The largest absolute Gasteiger partial charge is 0.399 e. The van der Waals surface area contributed by atoms with Gasteiger partial charge in [0.1, 0.15) is 0 Å². The minimum atomic E-state index is -0.0409. The summed E-state index contributed by atoms with van der Waals surface area (Å²) in [7, 11) is 0. The molecule has 8 heteroatoms. The number of halogens is 1. The zero-order chi connectivity index (χ0) is 17.6. The van der Waals surface area contributed by atoms with Crippen molar-refractivity contribution in [2.75, 3.05) is 18.0 Å². The second kappa shape index (κ2) is 9.92. The Morgan fingerprint density at radius 1 is 1.23 bits per heavy atom. The van der Waals surface area contributed by atoms with E-state index in [1.807, 2.05) is 36.0 Å². The van der Waals surface area contributed by atoms with Gasteiger partial charge in [0, 0.05) is 29.7 Å². The van der Waals surface area contributed by atoms with Gasteiger partial charge in [0.25, 0.3) is 0 Å². The highest BCUT2D eigenvalue weighted by molar-refractivity contribution is 8.00. The number of unbranched alkanes of at least 4 members (excludes halogenated alkanes) is 1. The molecule has 0 aliphatic carbocycles. The molecule has 2 aliphatic rings. The highest BCUT2D eigenvalue weighted by atomic mass is 35.5. The summed E-state index contributed by atoms with van der Waals surface area (Å²) in [6, 6.07) is 8.23. The van der Waals surface area contributed by atoms with Crippen LogP contribution in [0, 0.1) is 0 Å². The lowest BCUT2D eigenvalue weighted by Crippen LogP contribution is -2.36. The molecule has 0 bridgehead atoms. The molecule has 26 heavy (non-hydrogen) atoms. The third-order valence-corrected chi connectivity index (χ3v) is 6.30. The van der Waals surface area contributed by atoms with Crippen LogP contribution >= 0.6 is 24.2 Å². The number of nitrogen functional groups attached to an aromatic ring is 1. The molecule has 0 radical (unpaired) electrons. The van der Waals surface area contributed by atoms with E-state index in [0.717, 1.165) is 37.1 Å². The number of nitrogens with two attached hydrogens (primary N) is 1. The maximum absolute atomic E-state index is 11.9. The van der Waals surface area contributed by atoms with Crippen molar-refractivity contribution in [3.8, 4) is 0 Å². The Labute approximate surface area is 164 Å². The van der Waals surface area contributed by atoms with Crippen LogP contribution in [0.5, 0.6) is 0 Å².